The average molecular weight is 224 g/mol. The molecule has 4 nitrogen and oxygen atoms in total. The van der Waals surface area contributed by atoms with Crippen molar-refractivity contribution < 1.29 is 8.42 Å². The van der Waals surface area contributed by atoms with Gasteiger partial charge in [0.15, 0.2) is 0 Å². The molecule has 0 spiro atoms. The van der Waals surface area contributed by atoms with Gasteiger partial charge in [-0.15, -0.1) is 0 Å². The predicted molar refractivity (Wildman–Crippen MR) is 58.0 cm³/mol. The van der Waals surface area contributed by atoms with Gasteiger partial charge >= 0.3 is 0 Å². The van der Waals surface area contributed by atoms with Crippen LogP contribution < -0.4 is 10.5 Å². The summed E-state index contributed by atoms with van der Waals surface area (Å²) in [4.78, 5) is -0.00310. The van der Waals surface area contributed by atoms with Gasteiger partial charge in [0.05, 0.1) is 4.99 Å². The van der Waals surface area contributed by atoms with Crippen molar-refractivity contribution in [1.82, 2.24) is 4.72 Å². The summed E-state index contributed by atoms with van der Waals surface area (Å²) >= 11 is 4.51. The molecule has 0 bridgehead atoms. The molecule has 1 atom stereocenters. The minimum atomic E-state index is -3.30. The third-order valence-corrected chi connectivity index (χ3v) is 3.31. The zero-order valence-corrected chi connectivity index (χ0v) is 9.54. The molecule has 1 unspecified atom stereocenters. The Bertz CT molecular complexity index is 262. The van der Waals surface area contributed by atoms with E-state index >= 15 is 0 Å². The van der Waals surface area contributed by atoms with Crippen molar-refractivity contribution in [2.75, 3.05) is 12.3 Å². The summed E-state index contributed by atoms with van der Waals surface area (Å²) in [6.45, 7) is 4.43. The molecule has 0 aromatic carbocycles. The van der Waals surface area contributed by atoms with E-state index in [-0.39, 0.29) is 10.7 Å². The van der Waals surface area contributed by atoms with Gasteiger partial charge in [0.25, 0.3) is 0 Å². The Kier molecular flexibility index (Phi) is 5.43. The predicted octanol–water partition coefficient (Wildman–Crippen LogP) is 0.238. The highest BCUT2D eigenvalue weighted by Crippen LogP contribution is 1.98. The molecule has 0 rings (SSSR count). The van der Waals surface area contributed by atoms with E-state index < -0.39 is 10.0 Å². The van der Waals surface area contributed by atoms with Crippen LogP contribution in [0.15, 0.2) is 0 Å². The Morgan fingerprint density at radius 2 is 2.15 bits per heavy atom. The molecule has 6 heteroatoms. The van der Waals surface area contributed by atoms with Crippen molar-refractivity contribution in [3.05, 3.63) is 0 Å². The maximum atomic E-state index is 11.2. The van der Waals surface area contributed by atoms with E-state index in [9.17, 15) is 8.42 Å². The van der Waals surface area contributed by atoms with Crippen LogP contribution in [0, 0.1) is 5.92 Å². The van der Waals surface area contributed by atoms with Gasteiger partial charge in [-0.05, 0) is 5.92 Å². The second-order valence-corrected chi connectivity index (χ2v) is 5.42. The van der Waals surface area contributed by atoms with Crippen LogP contribution in [0.5, 0.6) is 0 Å². The number of rotatable bonds is 6. The number of nitrogens with two attached hydrogens (primary N) is 1. The Morgan fingerprint density at radius 1 is 1.62 bits per heavy atom. The van der Waals surface area contributed by atoms with Crippen molar-refractivity contribution in [2.24, 2.45) is 11.7 Å². The first kappa shape index (κ1) is 12.8. The fourth-order valence-electron chi connectivity index (χ4n) is 0.652. The largest absolute Gasteiger partial charge is 0.392 e. The van der Waals surface area contributed by atoms with Crippen molar-refractivity contribution in [1.29, 1.82) is 0 Å². The van der Waals surface area contributed by atoms with Crippen LogP contribution in [0.1, 0.15) is 20.3 Å². The molecule has 13 heavy (non-hydrogen) atoms. The fourth-order valence-corrected chi connectivity index (χ4v) is 2.13. The highest BCUT2D eigenvalue weighted by molar-refractivity contribution is 7.92. The summed E-state index contributed by atoms with van der Waals surface area (Å²) in [5.41, 5.74) is 5.13. The summed E-state index contributed by atoms with van der Waals surface area (Å²) in [5.74, 6) is 0.0693. The molecule has 0 heterocycles. The highest BCUT2D eigenvalue weighted by Gasteiger charge is 2.12. The molecule has 3 N–H and O–H groups in total. The number of thiocarbonyl (C=S) groups is 1. The fraction of sp³-hybridized carbons (Fsp3) is 0.857. The van der Waals surface area contributed by atoms with Gasteiger partial charge in [0, 0.05) is 6.54 Å². The van der Waals surface area contributed by atoms with Crippen LogP contribution >= 0.6 is 12.2 Å². The van der Waals surface area contributed by atoms with Gasteiger partial charge in [-0.3, -0.25) is 0 Å². The molecule has 0 aliphatic carbocycles. The van der Waals surface area contributed by atoms with Crippen LogP contribution in [-0.4, -0.2) is 25.7 Å². The van der Waals surface area contributed by atoms with Gasteiger partial charge in [0.1, 0.15) is 5.75 Å². The normalized spacial score (nSPS) is 14.0. The monoisotopic (exact) mass is 224 g/mol. The second-order valence-electron chi connectivity index (χ2n) is 3.09. The van der Waals surface area contributed by atoms with Crippen LogP contribution in [-0.2, 0) is 10.0 Å². The molecule has 0 fully saturated rings. The standard InChI is InChI=1S/C7H16N2O2S2/c1-3-6(2)4-9-13(10,11)5-7(8)12/h6,9H,3-5H2,1-2H3,(H2,8,12). The molecule has 78 valence electrons. The maximum Gasteiger partial charge on any atom is 0.218 e. The van der Waals surface area contributed by atoms with E-state index in [4.69, 9.17) is 5.73 Å². The van der Waals surface area contributed by atoms with Gasteiger partial charge in [-0.25, -0.2) is 13.1 Å². The number of hydrogen-bond acceptors (Lipinski definition) is 3. The maximum absolute atomic E-state index is 11.2. The SMILES string of the molecule is CCC(C)CNS(=O)(=O)CC(N)=S. The molecule has 0 aliphatic heterocycles. The summed E-state index contributed by atoms with van der Waals surface area (Å²) in [5, 5.41) is 0. The molecule has 0 saturated carbocycles. The Balaban J connectivity index is 3.97. The first-order valence-corrected chi connectivity index (χ1v) is 6.19. The van der Waals surface area contributed by atoms with Crippen LogP contribution in [0.2, 0.25) is 0 Å². The first-order valence-electron chi connectivity index (χ1n) is 4.13. The molecule has 0 aromatic rings. The van der Waals surface area contributed by atoms with Gasteiger partial charge < -0.3 is 5.73 Å². The van der Waals surface area contributed by atoms with Gasteiger partial charge in [0.2, 0.25) is 10.0 Å². The smallest absolute Gasteiger partial charge is 0.218 e. The minimum absolute atomic E-state index is 0.00310. The average Bonchev–Trinajstić information content (AvgIpc) is 1.98. The molecule has 0 aromatic heterocycles. The van der Waals surface area contributed by atoms with Crippen LogP contribution in [0.3, 0.4) is 0 Å². The van der Waals surface area contributed by atoms with Crippen molar-refractivity contribution in [3.63, 3.8) is 0 Å². The van der Waals surface area contributed by atoms with Crippen LogP contribution in [0.25, 0.3) is 0 Å². The lowest BCUT2D eigenvalue weighted by atomic mass is 10.1. The Hall–Kier alpha value is -0.200. The molecule has 0 radical (unpaired) electrons. The zero-order chi connectivity index (χ0) is 10.5. The first-order chi connectivity index (χ1) is 5.87. The minimum Gasteiger partial charge on any atom is -0.392 e. The summed E-state index contributed by atoms with van der Waals surface area (Å²) in [6.07, 6.45) is 0.940. The van der Waals surface area contributed by atoms with E-state index in [1.165, 1.54) is 0 Å². The highest BCUT2D eigenvalue weighted by atomic mass is 32.2. The second kappa shape index (κ2) is 5.51. The number of nitrogens with one attached hydrogen (secondary N) is 1. The van der Waals surface area contributed by atoms with E-state index in [0.29, 0.717) is 12.5 Å². The Morgan fingerprint density at radius 3 is 2.54 bits per heavy atom. The third-order valence-electron chi connectivity index (χ3n) is 1.68. The molecule has 0 aliphatic rings. The lowest BCUT2D eigenvalue weighted by Crippen LogP contribution is -2.34. The van der Waals surface area contributed by atoms with Gasteiger partial charge in [-0.2, -0.15) is 0 Å². The number of sulfonamides is 1. The molecule has 0 amide bonds. The Labute approximate surface area is 84.9 Å². The van der Waals surface area contributed by atoms with E-state index in [0.717, 1.165) is 6.42 Å². The molecular formula is C7H16N2O2S2. The lowest BCUT2D eigenvalue weighted by molar-refractivity contribution is 0.530. The van der Waals surface area contributed by atoms with Crippen molar-refractivity contribution >= 4 is 27.2 Å². The summed E-state index contributed by atoms with van der Waals surface area (Å²) < 4.78 is 24.8. The molecular weight excluding hydrogens is 208 g/mol. The van der Waals surface area contributed by atoms with Crippen molar-refractivity contribution in [2.45, 2.75) is 20.3 Å². The van der Waals surface area contributed by atoms with E-state index in [2.05, 4.69) is 16.9 Å². The number of hydrogen-bond donors (Lipinski definition) is 2. The van der Waals surface area contributed by atoms with E-state index in [1.807, 2.05) is 13.8 Å². The third kappa shape index (κ3) is 6.92. The van der Waals surface area contributed by atoms with Gasteiger partial charge in [-0.1, -0.05) is 32.5 Å². The zero-order valence-electron chi connectivity index (χ0n) is 7.91. The quantitative estimate of drug-likeness (QED) is 0.634. The lowest BCUT2D eigenvalue weighted by Gasteiger charge is -2.09. The van der Waals surface area contributed by atoms with E-state index in [1.54, 1.807) is 0 Å². The van der Waals surface area contributed by atoms with Crippen molar-refractivity contribution in [3.8, 4) is 0 Å². The molecule has 0 saturated heterocycles. The van der Waals surface area contributed by atoms with Crippen LogP contribution in [0.4, 0.5) is 0 Å². The topological polar surface area (TPSA) is 72.2 Å². The summed E-state index contributed by atoms with van der Waals surface area (Å²) in [6, 6.07) is 0. The summed E-state index contributed by atoms with van der Waals surface area (Å²) in [7, 11) is -3.30.